The van der Waals surface area contributed by atoms with E-state index in [9.17, 15) is 5.11 Å². The molecule has 22 heavy (non-hydrogen) atoms. The summed E-state index contributed by atoms with van der Waals surface area (Å²) in [6.45, 7) is 15.9. The zero-order chi connectivity index (χ0) is 17.6. The number of aliphatic hydroxyl groups excluding tert-OH is 1. The third-order valence-corrected chi connectivity index (χ3v) is 3.17. The monoisotopic (exact) mass is 308 g/mol. The smallest absolute Gasteiger partial charge is 0.0800 e. The Hall–Kier alpha value is -1.12. The van der Waals surface area contributed by atoms with Crippen LogP contribution in [0.3, 0.4) is 0 Å². The van der Waals surface area contributed by atoms with Crippen LogP contribution in [-0.4, -0.2) is 22.4 Å². The van der Waals surface area contributed by atoms with Gasteiger partial charge in [0.25, 0.3) is 0 Å². The maximum atomic E-state index is 9.49. The molecule has 2 heteroatoms. The van der Waals surface area contributed by atoms with Crippen LogP contribution in [0.2, 0.25) is 0 Å². The van der Waals surface area contributed by atoms with Gasteiger partial charge in [0.05, 0.1) is 12.2 Å². The fourth-order valence-corrected chi connectivity index (χ4v) is 1.60. The molecule has 0 spiro atoms. The molecule has 0 aromatic heterocycles. The van der Waals surface area contributed by atoms with Crippen molar-refractivity contribution in [3.63, 3.8) is 0 Å². The molecular formula is C20H36O2. The summed E-state index contributed by atoms with van der Waals surface area (Å²) in [5.74, 6) is 0. The SMILES string of the molecule is C=CC(C)(O)CCC=C(C)C.CC(C)=CCC/C(C)=C\CO. The molecule has 0 bridgehead atoms. The molecule has 0 saturated heterocycles. The molecule has 0 aliphatic carbocycles. The molecule has 0 heterocycles. The second-order valence-electron chi connectivity index (χ2n) is 6.43. The van der Waals surface area contributed by atoms with Crippen molar-refractivity contribution in [3.05, 3.63) is 47.6 Å². The highest BCUT2D eigenvalue weighted by Gasteiger charge is 2.12. The quantitative estimate of drug-likeness (QED) is 0.594. The lowest BCUT2D eigenvalue weighted by Crippen LogP contribution is -2.19. The molecule has 0 fully saturated rings. The van der Waals surface area contributed by atoms with Crippen LogP contribution in [0.1, 0.15) is 67.2 Å². The predicted octanol–water partition coefficient (Wildman–Crippen LogP) is 5.34. The van der Waals surface area contributed by atoms with Crippen molar-refractivity contribution in [1.29, 1.82) is 0 Å². The van der Waals surface area contributed by atoms with Gasteiger partial charge in [-0.15, -0.1) is 6.58 Å². The fraction of sp³-hybridized carbons (Fsp3) is 0.600. The van der Waals surface area contributed by atoms with E-state index in [1.54, 1.807) is 13.0 Å². The first-order valence-electron chi connectivity index (χ1n) is 8.03. The van der Waals surface area contributed by atoms with E-state index in [4.69, 9.17) is 5.11 Å². The Bertz CT molecular complexity index is 377. The summed E-state index contributed by atoms with van der Waals surface area (Å²) >= 11 is 0. The number of hydrogen-bond donors (Lipinski definition) is 2. The van der Waals surface area contributed by atoms with E-state index in [1.807, 2.05) is 6.08 Å². The van der Waals surface area contributed by atoms with E-state index in [1.165, 1.54) is 16.7 Å². The lowest BCUT2D eigenvalue weighted by molar-refractivity contribution is 0.103. The van der Waals surface area contributed by atoms with Gasteiger partial charge in [0.15, 0.2) is 0 Å². The normalized spacial score (nSPS) is 13.4. The number of allylic oxidation sites excluding steroid dienone is 5. The minimum atomic E-state index is -0.702. The van der Waals surface area contributed by atoms with Crippen LogP contribution in [0.4, 0.5) is 0 Å². The highest BCUT2D eigenvalue weighted by atomic mass is 16.3. The highest BCUT2D eigenvalue weighted by Crippen LogP contribution is 2.13. The van der Waals surface area contributed by atoms with Crippen molar-refractivity contribution in [2.75, 3.05) is 6.61 Å². The Labute approximate surface area is 138 Å². The summed E-state index contributed by atoms with van der Waals surface area (Å²) in [6, 6.07) is 0. The van der Waals surface area contributed by atoms with E-state index >= 15 is 0 Å². The second kappa shape index (κ2) is 13.5. The first kappa shape index (κ1) is 23.2. The molecule has 2 N–H and O–H groups in total. The Morgan fingerprint density at radius 1 is 0.955 bits per heavy atom. The zero-order valence-electron chi connectivity index (χ0n) is 15.4. The second-order valence-corrected chi connectivity index (χ2v) is 6.43. The molecule has 1 atom stereocenters. The van der Waals surface area contributed by atoms with Crippen molar-refractivity contribution in [2.45, 2.75) is 72.8 Å². The molecule has 1 unspecified atom stereocenters. The zero-order valence-corrected chi connectivity index (χ0v) is 15.4. The van der Waals surface area contributed by atoms with Gasteiger partial charge in [0.2, 0.25) is 0 Å². The molecule has 0 aliphatic rings. The first-order valence-corrected chi connectivity index (χ1v) is 8.03. The molecule has 0 amide bonds. The Morgan fingerprint density at radius 3 is 1.86 bits per heavy atom. The lowest BCUT2D eigenvalue weighted by atomic mass is 10.00. The van der Waals surface area contributed by atoms with E-state index in [0.29, 0.717) is 0 Å². The fourth-order valence-electron chi connectivity index (χ4n) is 1.60. The van der Waals surface area contributed by atoms with Crippen LogP contribution in [0.5, 0.6) is 0 Å². The van der Waals surface area contributed by atoms with Crippen molar-refractivity contribution >= 4 is 0 Å². The average molecular weight is 309 g/mol. The maximum Gasteiger partial charge on any atom is 0.0800 e. The molecule has 0 rings (SSSR count). The molecule has 2 nitrogen and oxygen atoms in total. The van der Waals surface area contributed by atoms with Gasteiger partial charge in [-0.25, -0.2) is 0 Å². The highest BCUT2D eigenvalue weighted by molar-refractivity contribution is 5.02. The summed E-state index contributed by atoms with van der Waals surface area (Å²) < 4.78 is 0. The van der Waals surface area contributed by atoms with Gasteiger partial charge in [0.1, 0.15) is 0 Å². The summed E-state index contributed by atoms with van der Waals surface area (Å²) in [4.78, 5) is 0. The van der Waals surface area contributed by atoms with Gasteiger partial charge in [-0.2, -0.15) is 0 Å². The minimum absolute atomic E-state index is 0.167. The molecule has 0 aromatic carbocycles. The van der Waals surface area contributed by atoms with E-state index in [-0.39, 0.29) is 6.61 Å². The molecule has 128 valence electrons. The third kappa shape index (κ3) is 18.9. The van der Waals surface area contributed by atoms with Gasteiger partial charge < -0.3 is 10.2 Å². The van der Waals surface area contributed by atoms with E-state index in [0.717, 1.165) is 25.7 Å². The standard InChI is InChI=1S/2C10H18O/c1-9(2)5-4-6-10(3)7-8-11;1-5-10(4,11)8-6-7-9(2)3/h5,7,11H,4,6,8H2,1-3H3;5,7,11H,1,6,8H2,2-4H3/b10-7-;. The number of hydrogen-bond acceptors (Lipinski definition) is 2. The summed E-state index contributed by atoms with van der Waals surface area (Å²) in [5.41, 5.74) is 3.23. The number of rotatable bonds is 8. The predicted molar refractivity (Wildman–Crippen MR) is 99.0 cm³/mol. The maximum absolute atomic E-state index is 9.49. The van der Waals surface area contributed by atoms with Crippen LogP contribution in [0, 0.1) is 0 Å². The third-order valence-electron chi connectivity index (χ3n) is 3.17. The van der Waals surface area contributed by atoms with Gasteiger partial charge >= 0.3 is 0 Å². The van der Waals surface area contributed by atoms with Crippen LogP contribution in [0.15, 0.2) is 47.6 Å². The van der Waals surface area contributed by atoms with Crippen molar-refractivity contribution in [3.8, 4) is 0 Å². The van der Waals surface area contributed by atoms with Crippen LogP contribution < -0.4 is 0 Å². The van der Waals surface area contributed by atoms with Gasteiger partial charge in [-0.3, -0.25) is 0 Å². The Morgan fingerprint density at radius 2 is 1.45 bits per heavy atom. The summed E-state index contributed by atoms with van der Waals surface area (Å²) in [6.07, 6.45) is 11.6. The van der Waals surface area contributed by atoms with Crippen molar-refractivity contribution in [2.24, 2.45) is 0 Å². The number of aliphatic hydroxyl groups is 2. The molecule has 0 radical (unpaired) electrons. The summed E-state index contributed by atoms with van der Waals surface area (Å²) in [5, 5.41) is 18.0. The molecule has 0 aromatic rings. The minimum Gasteiger partial charge on any atom is -0.392 e. The summed E-state index contributed by atoms with van der Waals surface area (Å²) in [7, 11) is 0. The topological polar surface area (TPSA) is 40.5 Å². The first-order chi connectivity index (χ1) is 10.1. The molecule has 0 saturated carbocycles. The van der Waals surface area contributed by atoms with Crippen molar-refractivity contribution < 1.29 is 10.2 Å². The van der Waals surface area contributed by atoms with Crippen LogP contribution in [0.25, 0.3) is 0 Å². The van der Waals surface area contributed by atoms with E-state index in [2.05, 4.69) is 53.3 Å². The van der Waals surface area contributed by atoms with Crippen LogP contribution in [-0.2, 0) is 0 Å². The van der Waals surface area contributed by atoms with E-state index < -0.39 is 5.60 Å². The molecular weight excluding hydrogens is 272 g/mol. The van der Waals surface area contributed by atoms with Gasteiger partial charge in [-0.05, 0) is 67.2 Å². The van der Waals surface area contributed by atoms with Crippen LogP contribution >= 0.6 is 0 Å². The Balaban J connectivity index is 0. The molecule has 0 aliphatic heterocycles. The lowest BCUT2D eigenvalue weighted by Gasteiger charge is -2.16. The van der Waals surface area contributed by atoms with Gasteiger partial charge in [-0.1, -0.05) is 41.0 Å². The average Bonchev–Trinajstić information content (AvgIpc) is 2.38. The Kier molecular flexibility index (Phi) is 14.2. The largest absolute Gasteiger partial charge is 0.392 e. The van der Waals surface area contributed by atoms with Gasteiger partial charge in [0, 0.05) is 0 Å². The van der Waals surface area contributed by atoms with Crippen molar-refractivity contribution in [1.82, 2.24) is 0 Å².